The zero-order valence-corrected chi connectivity index (χ0v) is 28.6. The van der Waals surface area contributed by atoms with Crippen molar-refractivity contribution in [3.63, 3.8) is 0 Å². The fraction of sp³-hybridized carbons (Fsp3) is 0.694. The van der Waals surface area contributed by atoms with Crippen molar-refractivity contribution in [2.45, 2.75) is 119 Å². The standard InChI is InChI=1S/C36H54O8/c1-21(2)13-12-17-36(10)29-15-14-23(5)28(19-27-32(41-20-40-11)24(6)25(7)42-33(27)38)35(29,9)18-16-30(36)44-34(39)31(22(3)4)43-26(8)37/h13,22,28-31H,5,12,14-20H2,1-4,6-11H3/t28-,29-,30+,31-,35-,36+/m1/s1. The number of allylic oxidation sites excluding steroid dienone is 3. The molecule has 0 saturated heterocycles. The second-order valence-electron chi connectivity index (χ2n) is 14.0. The van der Waals surface area contributed by atoms with Gasteiger partial charge in [-0.05, 0) is 89.9 Å². The molecule has 2 fully saturated rings. The van der Waals surface area contributed by atoms with E-state index in [9.17, 15) is 14.4 Å². The molecule has 0 unspecified atom stereocenters. The molecule has 44 heavy (non-hydrogen) atoms. The monoisotopic (exact) mass is 614 g/mol. The van der Waals surface area contributed by atoms with Gasteiger partial charge >= 0.3 is 17.6 Å². The first-order chi connectivity index (χ1) is 20.6. The highest BCUT2D eigenvalue weighted by Crippen LogP contribution is 2.63. The number of ether oxygens (including phenoxy) is 4. The molecule has 0 radical (unpaired) electrons. The van der Waals surface area contributed by atoms with Crippen molar-refractivity contribution >= 4 is 11.9 Å². The Morgan fingerprint density at radius 1 is 1.14 bits per heavy atom. The lowest BCUT2D eigenvalue weighted by molar-refractivity contribution is -0.195. The molecule has 0 aromatic carbocycles. The summed E-state index contributed by atoms with van der Waals surface area (Å²) in [6.45, 7) is 22.0. The molecule has 0 bridgehead atoms. The Bertz CT molecular complexity index is 1300. The van der Waals surface area contributed by atoms with Gasteiger partial charge in [0.05, 0.1) is 5.56 Å². The molecule has 6 atom stereocenters. The summed E-state index contributed by atoms with van der Waals surface area (Å²) in [5.41, 5.74) is 2.71. The third-order valence-electron chi connectivity index (χ3n) is 10.3. The molecule has 8 nitrogen and oxygen atoms in total. The molecule has 0 N–H and O–H groups in total. The highest BCUT2D eigenvalue weighted by atomic mass is 16.7. The minimum Gasteiger partial charge on any atom is -0.467 e. The van der Waals surface area contributed by atoms with Gasteiger partial charge < -0.3 is 23.4 Å². The number of hydrogen-bond acceptors (Lipinski definition) is 8. The minimum absolute atomic E-state index is 0.0000367. The molecular weight excluding hydrogens is 560 g/mol. The van der Waals surface area contributed by atoms with E-state index < -0.39 is 23.7 Å². The summed E-state index contributed by atoms with van der Waals surface area (Å²) in [4.78, 5) is 38.6. The van der Waals surface area contributed by atoms with E-state index in [0.717, 1.165) is 43.2 Å². The number of methoxy groups -OCH3 is 1. The van der Waals surface area contributed by atoms with Crippen LogP contribution in [0.2, 0.25) is 0 Å². The van der Waals surface area contributed by atoms with Gasteiger partial charge in [-0.15, -0.1) is 0 Å². The molecule has 246 valence electrons. The first-order valence-corrected chi connectivity index (χ1v) is 16.0. The fourth-order valence-electron chi connectivity index (χ4n) is 7.84. The number of carbonyl (C=O) groups is 2. The van der Waals surface area contributed by atoms with Crippen LogP contribution in [0, 0.1) is 42.4 Å². The van der Waals surface area contributed by atoms with E-state index in [1.807, 2.05) is 20.8 Å². The predicted molar refractivity (Wildman–Crippen MR) is 170 cm³/mol. The first-order valence-electron chi connectivity index (χ1n) is 16.0. The summed E-state index contributed by atoms with van der Waals surface area (Å²) in [6, 6.07) is 0. The summed E-state index contributed by atoms with van der Waals surface area (Å²) in [5, 5.41) is 0. The maximum absolute atomic E-state index is 13.5. The topological polar surface area (TPSA) is 101 Å². The highest BCUT2D eigenvalue weighted by molar-refractivity contribution is 5.79. The Labute approximate surface area is 263 Å². The zero-order valence-electron chi connectivity index (χ0n) is 28.6. The molecule has 8 heteroatoms. The van der Waals surface area contributed by atoms with E-state index in [2.05, 4.69) is 40.3 Å². The van der Waals surface area contributed by atoms with Gasteiger partial charge in [0.1, 0.15) is 17.6 Å². The van der Waals surface area contributed by atoms with Crippen LogP contribution in [0.1, 0.15) is 104 Å². The van der Waals surface area contributed by atoms with Crippen molar-refractivity contribution in [1.29, 1.82) is 0 Å². The van der Waals surface area contributed by atoms with E-state index in [1.54, 1.807) is 14.0 Å². The average Bonchev–Trinajstić information content (AvgIpc) is 2.92. The Morgan fingerprint density at radius 2 is 1.82 bits per heavy atom. The van der Waals surface area contributed by atoms with Gasteiger partial charge in [0.15, 0.2) is 6.79 Å². The van der Waals surface area contributed by atoms with Crippen LogP contribution in [0.4, 0.5) is 0 Å². The van der Waals surface area contributed by atoms with Crippen LogP contribution >= 0.6 is 0 Å². The Balaban J connectivity index is 2.04. The zero-order chi connectivity index (χ0) is 33.0. The van der Waals surface area contributed by atoms with E-state index in [4.69, 9.17) is 23.4 Å². The number of carbonyl (C=O) groups excluding carboxylic acids is 2. The van der Waals surface area contributed by atoms with Gasteiger partial charge in [0, 0.05) is 30.9 Å². The van der Waals surface area contributed by atoms with Crippen LogP contribution in [-0.2, 0) is 30.2 Å². The van der Waals surface area contributed by atoms with Crippen molar-refractivity contribution in [1.82, 2.24) is 0 Å². The summed E-state index contributed by atoms with van der Waals surface area (Å²) < 4.78 is 28.5. The van der Waals surface area contributed by atoms with E-state index in [-0.39, 0.29) is 41.5 Å². The highest BCUT2D eigenvalue weighted by Gasteiger charge is 2.59. The van der Waals surface area contributed by atoms with Gasteiger partial charge in [0.2, 0.25) is 6.10 Å². The van der Waals surface area contributed by atoms with Gasteiger partial charge in [0.25, 0.3) is 0 Å². The minimum atomic E-state index is -0.948. The molecule has 1 aromatic rings. The molecule has 1 heterocycles. The van der Waals surface area contributed by atoms with Crippen molar-refractivity contribution in [2.75, 3.05) is 13.9 Å². The Morgan fingerprint density at radius 3 is 2.41 bits per heavy atom. The lowest BCUT2D eigenvalue weighted by Gasteiger charge is -2.61. The summed E-state index contributed by atoms with van der Waals surface area (Å²) in [6.07, 6.45) is 6.28. The van der Waals surface area contributed by atoms with Gasteiger partial charge in [-0.2, -0.15) is 0 Å². The van der Waals surface area contributed by atoms with Gasteiger partial charge in [-0.3, -0.25) is 4.79 Å². The second-order valence-corrected chi connectivity index (χ2v) is 14.0. The normalized spacial score (nSPS) is 27.3. The Hall–Kier alpha value is -2.87. The molecule has 0 amide bonds. The summed E-state index contributed by atoms with van der Waals surface area (Å²) >= 11 is 0. The van der Waals surface area contributed by atoms with Crippen LogP contribution in [0.5, 0.6) is 5.75 Å². The van der Waals surface area contributed by atoms with Crippen molar-refractivity contribution < 1.29 is 33.0 Å². The fourth-order valence-corrected chi connectivity index (χ4v) is 7.84. The molecule has 2 aliphatic carbocycles. The quantitative estimate of drug-likeness (QED) is 0.136. The van der Waals surface area contributed by atoms with Crippen LogP contribution in [0.15, 0.2) is 33.0 Å². The van der Waals surface area contributed by atoms with Crippen LogP contribution in [0.25, 0.3) is 0 Å². The average molecular weight is 615 g/mol. The molecule has 2 aliphatic rings. The van der Waals surface area contributed by atoms with Gasteiger partial charge in [-0.1, -0.05) is 51.5 Å². The molecule has 2 saturated carbocycles. The molecule has 3 rings (SSSR count). The Kier molecular flexibility index (Phi) is 11.7. The summed E-state index contributed by atoms with van der Waals surface area (Å²) in [7, 11) is 1.55. The molecule has 0 aliphatic heterocycles. The predicted octanol–water partition coefficient (Wildman–Crippen LogP) is 7.42. The maximum atomic E-state index is 13.5. The number of rotatable bonds is 12. The number of fused-ring (bicyclic) bond motifs is 1. The van der Waals surface area contributed by atoms with E-state index in [1.165, 1.54) is 12.5 Å². The lowest BCUT2D eigenvalue weighted by Crippen LogP contribution is -2.57. The van der Waals surface area contributed by atoms with Crippen molar-refractivity contribution in [2.24, 2.45) is 28.6 Å². The maximum Gasteiger partial charge on any atom is 0.348 e. The molecular formula is C36H54O8. The number of hydrogen-bond donors (Lipinski definition) is 0. The number of esters is 2. The number of aryl methyl sites for hydroxylation is 1. The van der Waals surface area contributed by atoms with Gasteiger partial charge in [-0.25, -0.2) is 9.59 Å². The summed E-state index contributed by atoms with van der Waals surface area (Å²) in [5.74, 6) is 0.0510. The lowest BCUT2D eigenvalue weighted by atomic mass is 9.45. The molecule has 1 aromatic heterocycles. The van der Waals surface area contributed by atoms with Crippen molar-refractivity contribution in [3.8, 4) is 5.75 Å². The SMILES string of the molecule is C=C1CC[C@H]2[C@](C)(CCC=C(C)C)[C@@H](OC(=O)[C@H](OC(C)=O)C(C)C)CC[C@]2(C)[C@@H]1Cc1c(OCOC)c(C)c(C)oc1=O. The van der Waals surface area contributed by atoms with Crippen LogP contribution < -0.4 is 10.4 Å². The van der Waals surface area contributed by atoms with Crippen LogP contribution in [0.3, 0.4) is 0 Å². The first kappa shape index (κ1) is 35.6. The second kappa shape index (κ2) is 14.5. The van der Waals surface area contributed by atoms with Crippen LogP contribution in [-0.4, -0.2) is 38.0 Å². The third-order valence-corrected chi connectivity index (χ3v) is 10.3. The smallest absolute Gasteiger partial charge is 0.348 e. The third kappa shape index (κ3) is 7.49. The largest absolute Gasteiger partial charge is 0.467 e. The van der Waals surface area contributed by atoms with E-state index >= 15 is 0 Å². The van der Waals surface area contributed by atoms with E-state index in [0.29, 0.717) is 29.9 Å². The molecule has 0 spiro atoms. The van der Waals surface area contributed by atoms with Crippen molar-refractivity contribution in [3.05, 3.63) is 51.1 Å².